The summed E-state index contributed by atoms with van der Waals surface area (Å²) < 4.78 is 5.46. The van der Waals surface area contributed by atoms with Crippen LogP contribution in [-0.2, 0) is 13.2 Å². The number of rotatable bonds is 7. The fourth-order valence-electron chi connectivity index (χ4n) is 1.34. The standard InChI is InChI=1S/C11H16N2O3/c1-12-2-3-16-11-5-9(7-13-15)4-10(6-11)8-14/h4-6,12,14H,2-3,7-8H2,1H3. The molecule has 0 atom stereocenters. The van der Waals surface area contributed by atoms with E-state index in [9.17, 15) is 4.91 Å². The largest absolute Gasteiger partial charge is 0.492 e. The molecular weight excluding hydrogens is 208 g/mol. The zero-order valence-electron chi connectivity index (χ0n) is 9.27. The van der Waals surface area contributed by atoms with Crippen LogP contribution < -0.4 is 10.1 Å². The third-order valence-corrected chi connectivity index (χ3v) is 2.08. The lowest BCUT2D eigenvalue weighted by molar-refractivity contribution is 0.279. The van der Waals surface area contributed by atoms with Crippen LogP contribution >= 0.6 is 0 Å². The molecule has 0 saturated carbocycles. The molecule has 0 amide bonds. The number of nitrogens with one attached hydrogen (secondary N) is 1. The maximum atomic E-state index is 10.2. The van der Waals surface area contributed by atoms with E-state index in [1.807, 2.05) is 7.05 Å². The van der Waals surface area contributed by atoms with Gasteiger partial charge >= 0.3 is 0 Å². The highest BCUT2D eigenvalue weighted by Gasteiger charge is 2.02. The predicted octanol–water partition coefficient (Wildman–Crippen LogP) is 1.04. The highest BCUT2D eigenvalue weighted by molar-refractivity contribution is 5.34. The minimum absolute atomic E-state index is 0.0743. The highest BCUT2D eigenvalue weighted by atomic mass is 16.5. The quantitative estimate of drug-likeness (QED) is 0.536. The molecule has 1 rings (SSSR count). The summed E-state index contributed by atoms with van der Waals surface area (Å²) in [5.74, 6) is 0.653. The van der Waals surface area contributed by atoms with Crippen LogP contribution in [0.15, 0.2) is 23.4 Å². The molecule has 1 aromatic rings. The Bertz CT molecular complexity index is 342. The molecule has 0 radical (unpaired) electrons. The Morgan fingerprint density at radius 1 is 1.38 bits per heavy atom. The van der Waals surface area contributed by atoms with Gasteiger partial charge < -0.3 is 15.2 Å². The van der Waals surface area contributed by atoms with Crippen molar-refractivity contribution in [1.29, 1.82) is 0 Å². The average Bonchev–Trinajstić information content (AvgIpc) is 2.29. The maximum absolute atomic E-state index is 10.2. The number of hydrogen-bond donors (Lipinski definition) is 2. The van der Waals surface area contributed by atoms with E-state index in [0.717, 1.165) is 17.7 Å². The molecule has 0 aliphatic carbocycles. The van der Waals surface area contributed by atoms with Gasteiger partial charge in [-0.05, 0) is 30.3 Å². The summed E-state index contributed by atoms with van der Waals surface area (Å²) in [5.41, 5.74) is 1.47. The Morgan fingerprint density at radius 3 is 2.75 bits per heavy atom. The van der Waals surface area contributed by atoms with Crippen molar-refractivity contribution < 1.29 is 9.84 Å². The molecule has 0 spiro atoms. The Labute approximate surface area is 94.4 Å². The maximum Gasteiger partial charge on any atom is 0.120 e. The summed E-state index contributed by atoms with van der Waals surface area (Å²) in [4.78, 5) is 10.2. The Hall–Kier alpha value is -1.46. The van der Waals surface area contributed by atoms with Crippen molar-refractivity contribution in [2.24, 2.45) is 5.18 Å². The first-order valence-corrected chi connectivity index (χ1v) is 5.10. The fourth-order valence-corrected chi connectivity index (χ4v) is 1.34. The summed E-state index contributed by atoms with van der Waals surface area (Å²) in [7, 11) is 1.84. The van der Waals surface area contributed by atoms with Crippen molar-refractivity contribution in [3.8, 4) is 5.75 Å². The molecule has 0 bridgehead atoms. The van der Waals surface area contributed by atoms with E-state index in [-0.39, 0.29) is 13.2 Å². The van der Waals surface area contributed by atoms with Gasteiger partial charge in [0, 0.05) is 6.54 Å². The molecule has 2 N–H and O–H groups in total. The topological polar surface area (TPSA) is 70.9 Å². The van der Waals surface area contributed by atoms with E-state index in [4.69, 9.17) is 9.84 Å². The van der Waals surface area contributed by atoms with E-state index < -0.39 is 0 Å². The minimum Gasteiger partial charge on any atom is -0.492 e. The van der Waals surface area contributed by atoms with Gasteiger partial charge in [0.2, 0.25) is 0 Å². The number of aliphatic hydroxyl groups is 1. The number of hydrogen-bond acceptors (Lipinski definition) is 5. The van der Waals surface area contributed by atoms with Crippen molar-refractivity contribution >= 4 is 0 Å². The lowest BCUT2D eigenvalue weighted by Gasteiger charge is -2.08. The second kappa shape index (κ2) is 6.92. The third kappa shape index (κ3) is 3.96. The van der Waals surface area contributed by atoms with Crippen molar-refractivity contribution in [2.75, 3.05) is 20.2 Å². The van der Waals surface area contributed by atoms with Crippen LogP contribution in [0, 0.1) is 4.91 Å². The van der Waals surface area contributed by atoms with Crippen LogP contribution in [0.2, 0.25) is 0 Å². The molecule has 0 unspecified atom stereocenters. The highest BCUT2D eigenvalue weighted by Crippen LogP contribution is 2.18. The smallest absolute Gasteiger partial charge is 0.120 e. The third-order valence-electron chi connectivity index (χ3n) is 2.08. The van der Waals surface area contributed by atoms with Gasteiger partial charge in [-0.1, -0.05) is 11.2 Å². The monoisotopic (exact) mass is 224 g/mol. The first-order valence-electron chi connectivity index (χ1n) is 5.10. The molecule has 0 saturated heterocycles. The number of benzene rings is 1. The van der Waals surface area contributed by atoms with Crippen molar-refractivity contribution in [3.63, 3.8) is 0 Å². The molecule has 5 nitrogen and oxygen atoms in total. The molecule has 0 aliphatic heterocycles. The first-order chi connectivity index (χ1) is 7.80. The van der Waals surface area contributed by atoms with Gasteiger partial charge in [-0.15, -0.1) is 0 Å². The van der Waals surface area contributed by atoms with Crippen molar-refractivity contribution in [3.05, 3.63) is 34.2 Å². The second-order valence-electron chi connectivity index (χ2n) is 3.38. The lowest BCUT2D eigenvalue weighted by Crippen LogP contribution is -2.16. The van der Waals surface area contributed by atoms with E-state index in [0.29, 0.717) is 12.4 Å². The number of nitroso groups, excluding NO2 is 1. The van der Waals surface area contributed by atoms with Gasteiger partial charge in [-0.3, -0.25) is 0 Å². The molecule has 0 aromatic heterocycles. The van der Waals surface area contributed by atoms with Gasteiger partial charge in [-0.25, -0.2) is 0 Å². The molecule has 16 heavy (non-hydrogen) atoms. The fraction of sp³-hybridized carbons (Fsp3) is 0.455. The summed E-state index contributed by atoms with van der Waals surface area (Å²) >= 11 is 0. The van der Waals surface area contributed by atoms with Gasteiger partial charge in [0.05, 0.1) is 6.61 Å². The van der Waals surface area contributed by atoms with Crippen LogP contribution in [-0.4, -0.2) is 25.3 Å². The van der Waals surface area contributed by atoms with E-state index in [1.165, 1.54) is 0 Å². The van der Waals surface area contributed by atoms with Gasteiger partial charge in [-0.2, -0.15) is 4.91 Å². The van der Waals surface area contributed by atoms with Crippen LogP contribution in [0.4, 0.5) is 0 Å². The summed E-state index contributed by atoms with van der Waals surface area (Å²) in [6, 6.07) is 5.26. The average molecular weight is 224 g/mol. The van der Waals surface area contributed by atoms with Crippen LogP contribution in [0.1, 0.15) is 11.1 Å². The SMILES string of the molecule is CNCCOc1cc(CO)cc(CN=O)c1. The van der Waals surface area contributed by atoms with Crippen molar-refractivity contribution in [1.82, 2.24) is 5.32 Å². The van der Waals surface area contributed by atoms with Gasteiger partial charge in [0.1, 0.15) is 18.9 Å². The molecule has 0 fully saturated rings. The number of aliphatic hydroxyl groups excluding tert-OH is 1. The molecule has 0 heterocycles. The van der Waals surface area contributed by atoms with Gasteiger partial charge in [0.15, 0.2) is 0 Å². The Morgan fingerprint density at radius 2 is 2.12 bits per heavy atom. The summed E-state index contributed by atoms with van der Waals surface area (Å²) in [5, 5.41) is 14.8. The molecule has 5 heteroatoms. The normalized spacial score (nSPS) is 10.1. The zero-order valence-corrected chi connectivity index (χ0v) is 9.27. The molecule has 88 valence electrons. The second-order valence-corrected chi connectivity index (χ2v) is 3.38. The van der Waals surface area contributed by atoms with Gasteiger partial charge in [0.25, 0.3) is 0 Å². The number of likely N-dealkylation sites (N-methyl/N-ethyl adjacent to an activating group) is 1. The first kappa shape index (κ1) is 12.6. The summed E-state index contributed by atoms with van der Waals surface area (Å²) in [6.45, 7) is 1.30. The van der Waals surface area contributed by atoms with Crippen LogP contribution in [0.5, 0.6) is 5.75 Å². The minimum atomic E-state index is -0.0743. The number of nitrogens with zero attached hydrogens (tertiary/aromatic N) is 1. The molecule has 0 aliphatic rings. The van der Waals surface area contributed by atoms with Crippen LogP contribution in [0.25, 0.3) is 0 Å². The van der Waals surface area contributed by atoms with E-state index in [1.54, 1.807) is 18.2 Å². The number of ether oxygens (including phenoxy) is 1. The van der Waals surface area contributed by atoms with Crippen LogP contribution in [0.3, 0.4) is 0 Å². The lowest BCUT2D eigenvalue weighted by atomic mass is 10.1. The predicted molar refractivity (Wildman–Crippen MR) is 61.3 cm³/mol. The van der Waals surface area contributed by atoms with Crippen molar-refractivity contribution in [2.45, 2.75) is 13.2 Å². The Balaban J connectivity index is 2.73. The zero-order chi connectivity index (χ0) is 11.8. The summed E-state index contributed by atoms with van der Waals surface area (Å²) in [6.07, 6.45) is 0. The van der Waals surface area contributed by atoms with E-state index >= 15 is 0 Å². The molecular formula is C11H16N2O3. The Kier molecular flexibility index (Phi) is 5.45. The molecule has 1 aromatic carbocycles. The van der Waals surface area contributed by atoms with E-state index in [2.05, 4.69) is 10.5 Å².